The van der Waals surface area contributed by atoms with E-state index in [1.807, 2.05) is 18.2 Å². The maximum atomic E-state index is 5.75. The first-order valence-corrected chi connectivity index (χ1v) is 6.70. The highest BCUT2D eigenvalue weighted by molar-refractivity contribution is 5.44. The first-order valence-electron chi connectivity index (χ1n) is 6.70. The molecule has 0 aliphatic heterocycles. The van der Waals surface area contributed by atoms with Crippen molar-refractivity contribution in [2.75, 3.05) is 31.8 Å². The van der Waals surface area contributed by atoms with Crippen LogP contribution in [0.1, 0.15) is 11.4 Å². The molecule has 6 nitrogen and oxygen atoms in total. The van der Waals surface area contributed by atoms with Gasteiger partial charge in [-0.25, -0.2) is 9.97 Å². The van der Waals surface area contributed by atoms with Crippen molar-refractivity contribution in [3.05, 3.63) is 41.7 Å². The fourth-order valence-corrected chi connectivity index (χ4v) is 1.96. The minimum Gasteiger partial charge on any atom is -0.497 e. The Balaban J connectivity index is 1.93. The molecule has 0 saturated heterocycles. The van der Waals surface area contributed by atoms with Crippen LogP contribution in [-0.2, 0) is 17.8 Å². The number of nitrogens with one attached hydrogen (secondary N) is 1. The zero-order chi connectivity index (χ0) is 15.1. The average molecular weight is 288 g/mol. The monoisotopic (exact) mass is 288 g/mol. The number of aromatic nitrogens is 2. The summed E-state index contributed by atoms with van der Waals surface area (Å²) in [6, 6.07) is 9.71. The Kier molecular flexibility index (Phi) is 5.34. The molecule has 21 heavy (non-hydrogen) atoms. The van der Waals surface area contributed by atoms with Crippen molar-refractivity contribution in [2.45, 2.75) is 13.0 Å². The molecule has 0 amide bonds. The van der Waals surface area contributed by atoms with Gasteiger partial charge in [0, 0.05) is 19.7 Å². The van der Waals surface area contributed by atoms with Gasteiger partial charge in [-0.3, -0.25) is 0 Å². The van der Waals surface area contributed by atoms with Gasteiger partial charge in [-0.1, -0.05) is 12.1 Å². The van der Waals surface area contributed by atoms with Crippen molar-refractivity contribution in [2.24, 2.45) is 0 Å². The van der Waals surface area contributed by atoms with Crippen LogP contribution in [0.25, 0.3) is 0 Å². The summed E-state index contributed by atoms with van der Waals surface area (Å²) in [5.41, 5.74) is 6.94. The molecule has 2 aromatic rings. The van der Waals surface area contributed by atoms with E-state index >= 15 is 0 Å². The third-order valence-corrected chi connectivity index (χ3v) is 2.92. The van der Waals surface area contributed by atoms with E-state index in [1.165, 1.54) is 5.56 Å². The zero-order valence-electron chi connectivity index (χ0n) is 12.3. The van der Waals surface area contributed by atoms with Gasteiger partial charge in [0.25, 0.3) is 0 Å². The second-order valence-corrected chi connectivity index (χ2v) is 4.56. The Labute approximate surface area is 124 Å². The highest BCUT2D eigenvalue weighted by atomic mass is 16.5. The SMILES string of the molecule is COCc1nc(N)cc(NCCc2cccc(OC)c2)n1. The molecular weight excluding hydrogens is 268 g/mol. The van der Waals surface area contributed by atoms with E-state index in [9.17, 15) is 0 Å². The van der Waals surface area contributed by atoms with E-state index < -0.39 is 0 Å². The number of nitrogen functional groups attached to an aromatic ring is 1. The smallest absolute Gasteiger partial charge is 0.158 e. The third-order valence-electron chi connectivity index (χ3n) is 2.92. The van der Waals surface area contributed by atoms with Crippen molar-refractivity contribution < 1.29 is 9.47 Å². The predicted molar refractivity (Wildman–Crippen MR) is 82.3 cm³/mol. The van der Waals surface area contributed by atoms with Crippen LogP contribution in [0.3, 0.4) is 0 Å². The summed E-state index contributed by atoms with van der Waals surface area (Å²) in [6.07, 6.45) is 0.862. The molecule has 0 bridgehead atoms. The number of hydrogen-bond donors (Lipinski definition) is 2. The van der Waals surface area contributed by atoms with Crippen LogP contribution < -0.4 is 15.8 Å². The molecule has 0 unspecified atom stereocenters. The number of benzene rings is 1. The van der Waals surface area contributed by atoms with Gasteiger partial charge < -0.3 is 20.5 Å². The number of rotatable bonds is 7. The van der Waals surface area contributed by atoms with Gasteiger partial charge in [0.05, 0.1) is 7.11 Å². The summed E-state index contributed by atoms with van der Waals surface area (Å²) in [4.78, 5) is 8.43. The van der Waals surface area contributed by atoms with E-state index in [0.29, 0.717) is 24.1 Å². The Hall–Kier alpha value is -2.34. The number of anilines is 2. The summed E-state index contributed by atoms with van der Waals surface area (Å²) in [5.74, 6) is 2.57. The summed E-state index contributed by atoms with van der Waals surface area (Å²) < 4.78 is 10.2. The summed E-state index contributed by atoms with van der Waals surface area (Å²) in [5, 5.41) is 3.24. The molecule has 112 valence electrons. The van der Waals surface area contributed by atoms with Crippen LogP contribution >= 0.6 is 0 Å². The van der Waals surface area contributed by atoms with Crippen molar-refractivity contribution in [3.63, 3.8) is 0 Å². The van der Waals surface area contributed by atoms with Gasteiger partial charge in [-0.2, -0.15) is 0 Å². The van der Waals surface area contributed by atoms with Crippen LogP contribution in [0.4, 0.5) is 11.6 Å². The van der Waals surface area contributed by atoms with Crippen LogP contribution in [0.2, 0.25) is 0 Å². The van der Waals surface area contributed by atoms with Gasteiger partial charge in [0.15, 0.2) is 5.82 Å². The maximum absolute atomic E-state index is 5.75. The van der Waals surface area contributed by atoms with E-state index in [2.05, 4.69) is 21.4 Å². The number of ether oxygens (including phenoxy) is 2. The van der Waals surface area contributed by atoms with Crippen LogP contribution in [-0.4, -0.2) is 30.7 Å². The average Bonchev–Trinajstić information content (AvgIpc) is 2.47. The minimum absolute atomic E-state index is 0.343. The molecule has 2 rings (SSSR count). The molecule has 1 heterocycles. The number of nitrogens with zero attached hydrogens (tertiary/aromatic N) is 2. The number of nitrogens with two attached hydrogens (primary N) is 1. The first-order chi connectivity index (χ1) is 10.2. The maximum Gasteiger partial charge on any atom is 0.158 e. The fourth-order valence-electron chi connectivity index (χ4n) is 1.96. The lowest BCUT2D eigenvalue weighted by atomic mass is 10.1. The Bertz CT molecular complexity index is 590. The van der Waals surface area contributed by atoms with E-state index in [1.54, 1.807) is 20.3 Å². The lowest BCUT2D eigenvalue weighted by molar-refractivity contribution is 0.178. The molecule has 1 aromatic heterocycles. The predicted octanol–water partition coefficient (Wildman–Crippen LogP) is 1.87. The second-order valence-electron chi connectivity index (χ2n) is 4.56. The standard InChI is InChI=1S/C15H20N4O2/c1-20-10-15-18-13(16)9-14(19-15)17-7-6-11-4-3-5-12(8-11)21-2/h3-5,8-9H,6-7,10H2,1-2H3,(H3,16,17,18,19). The Morgan fingerprint density at radius 1 is 1.19 bits per heavy atom. The lowest BCUT2D eigenvalue weighted by Gasteiger charge is -2.09. The molecule has 0 atom stereocenters. The molecule has 1 aromatic carbocycles. The van der Waals surface area contributed by atoms with E-state index in [4.69, 9.17) is 15.2 Å². The number of hydrogen-bond acceptors (Lipinski definition) is 6. The summed E-state index contributed by atoms with van der Waals surface area (Å²) in [7, 11) is 3.26. The lowest BCUT2D eigenvalue weighted by Crippen LogP contribution is -2.10. The second kappa shape index (κ2) is 7.44. The van der Waals surface area contributed by atoms with Gasteiger partial charge in [-0.05, 0) is 24.1 Å². The molecule has 0 aliphatic carbocycles. The van der Waals surface area contributed by atoms with Crippen LogP contribution in [0.15, 0.2) is 30.3 Å². The molecule has 3 N–H and O–H groups in total. The highest BCUT2D eigenvalue weighted by Gasteiger charge is 2.02. The highest BCUT2D eigenvalue weighted by Crippen LogP contribution is 2.14. The Morgan fingerprint density at radius 3 is 2.81 bits per heavy atom. The van der Waals surface area contributed by atoms with Crippen LogP contribution in [0, 0.1) is 0 Å². The van der Waals surface area contributed by atoms with Crippen molar-refractivity contribution in [1.29, 1.82) is 0 Å². The Morgan fingerprint density at radius 2 is 2.05 bits per heavy atom. The molecule has 0 spiro atoms. The van der Waals surface area contributed by atoms with Crippen molar-refractivity contribution in [1.82, 2.24) is 9.97 Å². The quantitative estimate of drug-likeness (QED) is 0.809. The van der Waals surface area contributed by atoms with Crippen molar-refractivity contribution in [3.8, 4) is 5.75 Å². The van der Waals surface area contributed by atoms with E-state index in [0.717, 1.165) is 18.7 Å². The molecular formula is C15H20N4O2. The van der Waals surface area contributed by atoms with Gasteiger partial charge >= 0.3 is 0 Å². The van der Waals surface area contributed by atoms with Crippen LogP contribution in [0.5, 0.6) is 5.75 Å². The minimum atomic E-state index is 0.343. The summed E-state index contributed by atoms with van der Waals surface area (Å²) in [6.45, 7) is 1.09. The molecule has 0 saturated carbocycles. The zero-order valence-corrected chi connectivity index (χ0v) is 12.3. The number of methoxy groups -OCH3 is 2. The topological polar surface area (TPSA) is 82.3 Å². The van der Waals surface area contributed by atoms with Gasteiger partial charge in [0.2, 0.25) is 0 Å². The molecule has 0 fully saturated rings. The van der Waals surface area contributed by atoms with Crippen molar-refractivity contribution >= 4 is 11.6 Å². The first kappa shape index (κ1) is 15.1. The normalized spacial score (nSPS) is 10.4. The van der Waals surface area contributed by atoms with Gasteiger partial charge in [-0.15, -0.1) is 0 Å². The molecule has 0 aliphatic rings. The third kappa shape index (κ3) is 4.61. The molecule has 6 heteroatoms. The van der Waals surface area contributed by atoms with Gasteiger partial charge in [0.1, 0.15) is 24.0 Å². The van der Waals surface area contributed by atoms with E-state index in [-0.39, 0.29) is 0 Å². The summed E-state index contributed by atoms with van der Waals surface area (Å²) >= 11 is 0. The largest absolute Gasteiger partial charge is 0.497 e. The molecule has 0 radical (unpaired) electrons. The fraction of sp³-hybridized carbons (Fsp3) is 0.333.